The molecule has 0 fully saturated rings. The number of nitrogens with zero attached hydrogens (tertiary/aromatic N) is 1. The minimum atomic E-state index is 0.768. The Labute approximate surface area is 121 Å². The lowest BCUT2D eigenvalue weighted by Crippen LogP contribution is -2.19. The van der Waals surface area contributed by atoms with E-state index < -0.39 is 0 Å². The summed E-state index contributed by atoms with van der Waals surface area (Å²) < 4.78 is 1.11. The average Bonchev–Trinajstić information content (AvgIpc) is 2.83. The Balaban J connectivity index is 1.82. The third-order valence-corrected chi connectivity index (χ3v) is 4.05. The first-order chi connectivity index (χ1) is 9.26. The highest BCUT2D eigenvalue weighted by molar-refractivity contribution is 9.10. The first kappa shape index (κ1) is 12.4. The number of halogens is 1. The Morgan fingerprint density at radius 1 is 1.16 bits per heavy atom. The zero-order valence-electron chi connectivity index (χ0n) is 10.5. The van der Waals surface area contributed by atoms with Crippen molar-refractivity contribution in [2.45, 2.75) is 13.0 Å². The highest BCUT2D eigenvalue weighted by Crippen LogP contribution is 2.30. The quantitative estimate of drug-likeness (QED) is 0.802. The topological polar surface area (TPSA) is 20.3 Å². The molecule has 0 aliphatic carbocycles. The van der Waals surface area contributed by atoms with Gasteiger partial charge in [0.2, 0.25) is 0 Å². The van der Waals surface area contributed by atoms with Crippen molar-refractivity contribution in [3.05, 3.63) is 63.6 Å². The van der Waals surface area contributed by atoms with Gasteiger partial charge in [0, 0.05) is 28.8 Å². The molecular formula is C16H14BrNO. The van der Waals surface area contributed by atoms with Crippen LogP contribution < -0.4 is 4.90 Å². The molecule has 3 rings (SSSR count). The SMILES string of the molecule is O=Cc1ccc2c(c1)CCN2Cc1ccc(Br)cc1. The Bertz CT molecular complexity index is 607. The average molecular weight is 316 g/mol. The number of hydrogen-bond acceptors (Lipinski definition) is 2. The second-order valence-electron chi connectivity index (χ2n) is 4.80. The van der Waals surface area contributed by atoms with Crippen molar-refractivity contribution in [3.8, 4) is 0 Å². The molecule has 96 valence electrons. The van der Waals surface area contributed by atoms with Crippen molar-refractivity contribution in [2.24, 2.45) is 0 Å². The van der Waals surface area contributed by atoms with Crippen molar-refractivity contribution >= 4 is 27.9 Å². The Morgan fingerprint density at radius 2 is 1.95 bits per heavy atom. The number of carbonyl (C=O) groups is 1. The van der Waals surface area contributed by atoms with Crippen LogP contribution in [0.3, 0.4) is 0 Å². The summed E-state index contributed by atoms with van der Waals surface area (Å²) in [5, 5.41) is 0. The molecule has 2 aromatic carbocycles. The number of anilines is 1. The minimum Gasteiger partial charge on any atom is -0.367 e. The molecule has 1 aliphatic rings. The number of rotatable bonds is 3. The zero-order chi connectivity index (χ0) is 13.2. The van der Waals surface area contributed by atoms with Crippen LogP contribution in [0.1, 0.15) is 21.5 Å². The Morgan fingerprint density at radius 3 is 2.68 bits per heavy atom. The van der Waals surface area contributed by atoms with Gasteiger partial charge in [0.1, 0.15) is 6.29 Å². The molecule has 0 amide bonds. The first-order valence-electron chi connectivity index (χ1n) is 6.34. The van der Waals surface area contributed by atoms with Crippen LogP contribution in [-0.4, -0.2) is 12.8 Å². The molecule has 0 aromatic heterocycles. The fourth-order valence-corrected chi connectivity index (χ4v) is 2.80. The predicted molar refractivity (Wildman–Crippen MR) is 80.7 cm³/mol. The molecule has 0 unspecified atom stereocenters. The van der Waals surface area contributed by atoms with Crippen molar-refractivity contribution in [3.63, 3.8) is 0 Å². The lowest BCUT2D eigenvalue weighted by Gasteiger charge is -2.19. The lowest BCUT2D eigenvalue weighted by molar-refractivity contribution is 0.112. The fraction of sp³-hybridized carbons (Fsp3) is 0.188. The Hall–Kier alpha value is -1.61. The summed E-state index contributed by atoms with van der Waals surface area (Å²) >= 11 is 3.45. The van der Waals surface area contributed by atoms with E-state index in [0.29, 0.717) is 0 Å². The van der Waals surface area contributed by atoms with Crippen LogP contribution in [-0.2, 0) is 13.0 Å². The lowest BCUT2D eigenvalue weighted by atomic mass is 10.1. The van der Waals surface area contributed by atoms with Crippen LogP contribution >= 0.6 is 15.9 Å². The summed E-state index contributed by atoms with van der Waals surface area (Å²) in [5.74, 6) is 0. The van der Waals surface area contributed by atoms with Gasteiger partial charge in [0.05, 0.1) is 0 Å². The summed E-state index contributed by atoms with van der Waals surface area (Å²) in [4.78, 5) is 13.2. The molecule has 2 aromatic rings. The van der Waals surface area contributed by atoms with Crippen LogP contribution in [0.5, 0.6) is 0 Å². The van der Waals surface area contributed by atoms with Crippen molar-refractivity contribution in [2.75, 3.05) is 11.4 Å². The van der Waals surface area contributed by atoms with Crippen LogP contribution in [0.2, 0.25) is 0 Å². The second-order valence-corrected chi connectivity index (χ2v) is 5.72. The predicted octanol–water partition coefficient (Wildman–Crippen LogP) is 3.82. The molecule has 0 bridgehead atoms. The van der Waals surface area contributed by atoms with Crippen LogP contribution in [0.15, 0.2) is 46.9 Å². The summed E-state index contributed by atoms with van der Waals surface area (Å²) in [5.41, 5.74) is 4.61. The van der Waals surface area contributed by atoms with E-state index in [4.69, 9.17) is 0 Å². The van der Waals surface area contributed by atoms with Gasteiger partial charge in [-0.2, -0.15) is 0 Å². The molecule has 0 spiro atoms. The highest BCUT2D eigenvalue weighted by atomic mass is 79.9. The Kier molecular flexibility index (Phi) is 3.38. The summed E-state index contributed by atoms with van der Waals surface area (Å²) in [7, 11) is 0. The third kappa shape index (κ3) is 2.56. The van der Waals surface area contributed by atoms with Gasteiger partial charge in [0.25, 0.3) is 0 Å². The van der Waals surface area contributed by atoms with Gasteiger partial charge in [-0.05, 0) is 47.9 Å². The molecule has 0 saturated carbocycles. The van der Waals surface area contributed by atoms with Gasteiger partial charge in [0.15, 0.2) is 0 Å². The van der Waals surface area contributed by atoms with Gasteiger partial charge in [-0.1, -0.05) is 28.1 Å². The largest absolute Gasteiger partial charge is 0.367 e. The number of carbonyl (C=O) groups excluding carboxylic acids is 1. The molecular weight excluding hydrogens is 302 g/mol. The van der Waals surface area contributed by atoms with Crippen LogP contribution in [0.25, 0.3) is 0 Å². The van der Waals surface area contributed by atoms with Crippen molar-refractivity contribution in [1.29, 1.82) is 0 Å². The van der Waals surface area contributed by atoms with Gasteiger partial charge in [-0.3, -0.25) is 4.79 Å². The minimum absolute atomic E-state index is 0.768. The molecule has 0 saturated heterocycles. The zero-order valence-corrected chi connectivity index (χ0v) is 12.1. The van der Waals surface area contributed by atoms with E-state index in [2.05, 4.69) is 51.2 Å². The van der Waals surface area contributed by atoms with E-state index in [1.54, 1.807) is 0 Å². The summed E-state index contributed by atoms with van der Waals surface area (Å²) in [6.07, 6.45) is 1.94. The van der Waals surface area contributed by atoms with Gasteiger partial charge >= 0.3 is 0 Å². The molecule has 2 nitrogen and oxygen atoms in total. The number of fused-ring (bicyclic) bond motifs is 1. The van der Waals surface area contributed by atoms with E-state index in [9.17, 15) is 4.79 Å². The first-order valence-corrected chi connectivity index (χ1v) is 7.13. The normalized spacial score (nSPS) is 13.4. The standard InChI is InChI=1S/C16H14BrNO/c17-15-4-1-12(2-5-15)10-18-8-7-14-9-13(11-19)3-6-16(14)18/h1-6,9,11H,7-8,10H2. The van der Waals surface area contributed by atoms with E-state index in [-0.39, 0.29) is 0 Å². The monoisotopic (exact) mass is 315 g/mol. The molecule has 0 N–H and O–H groups in total. The maximum Gasteiger partial charge on any atom is 0.150 e. The molecule has 19 heavy (non-hydrogen) atoms. The number of benzene rings is 2. The smallest absolute Gasteiger partial charge is 0.150 e. The van der Waals surface area contributed by atoms with Crippen molar-refractivity contribution < 1.29 is 4.79 Å². The van der Waals surface area contributed by atoms with E-state index in [1.807, 2.05) is 12.1 Å². The molecule has 1 heterocycles. The molecule has 0 atom stereocenters. The maximum atomic E-state index is 10.8. The molecule has 3 heteroatoms. The van der Waals surface area contributed by atoms with E-state index in [1.165, 1.54) is 16.8 Å². The van der Waals surface area contributed by atoms with Gasteiger partial charge in [-0.25, -0.2) is 0 Å². The van der Waals surface area contributed by atoms with Crippen LogP contribution in [0.4, 0.5) is 5.69 Å². The number of aldehydes is 1. The second kappa shape index (κ2) is 5.17. The number of hydrogen-bond donors (Lipinski definition) is 0. The van der Waals surface area contributed by atoms with Gasteiger partial charge < -0.3 is 4.90 Å². The highest BCUT2D eigenvalue weighted by Gasteiger charge is 2.19. The van der Waals surface area contributed by atoms with E-state index in [0.717, 1.165) is 35.8 Å². The fourth-order valence-electron chi connectivity index (χ4n) is 2.54. The van der Waals surface area contributed by atoms with Crippen LogP contribution in [0, 0.1) is 0 Å². The molecule has 1 aliphatic heterocycles. The maximum absolute atomic E-state index is 10.8. The third-order valence-electron chi connectivity index (χ3n) is 3.52. The summed E-state index contributed by atoms with van der Waals surface area (Å²) in [6.45, 7) is 1.94. The summed E-state index contributed by atoms with van der Waals surface area (Å²) in [6, 6.07) is 14.4. The van der Waals surface area contributed by atoms with Crippen molar-refractivity contribution in [1.82, 2.24) is 0 Å². The van der Waals surface area contributed by atoms with Gasteiger partial charge in [-0.15, -0.1) is 0 Å². The molecule has 0 radical (unpaired) electrons. The van der Waals surface area contributed by atoms with E-state index >= 15 is 0 Å².